The van der Waals surface area contributed by atoms with Crippen LogP contribution in [0.15, 0.2) is 0 Å². The molecule has 0 atom stereocenters. The fourth-order valence-electron chi connectivity index (χ4n) is 0.220. The van der Waals surface area contributed by atoms with Crippen LogP contribution in [0.5, 0.6) is 0 Å². The minimum atomic E-state index is 0. The van der Waals surface area contributed by atoms with Gasteiger partial charge in [-0.15, -0.1) is 0 Å². The summed E-state index contributed by atoms with van der Waals surface area (Å²) in [5.41, 5.74) is 0. The van der Waals surface area contributed by atoms with Crippen LogP contribution in [0, 0.1) is 0 Å². The van der Waals surface area contributed by atoms with Crippen LogP contribution in [0.4, 0.5) is 0 Å². The summed E-state index contributed by atoms with van der Waals surface area (Å²) in [6, 6.07) is 0. The van der Waals surface area contributed by atoms with Crippen LogP contribution in [-0.2, 0) is 17.1 Å². The van der Waals surface area contributed by atoms with Crippen molar-refractivity contribution in [1.82, 2.24) is 9.80 Å². The molecule has 0 bridgehead atoms. The molecule has 0 N–H and O–H groups in total. The Bertz CT molecular complexity index is 163. The van der Waals surface area contributed by atoms with E-state index in [1.54, 1.807) is 0 Å². The zero-order valence-electron chi connectivity index (χ0n) is 7.91. The molecule has 0 rings (SSSR count). The average Bonchev–Trinajstić information content (AvgIpc) is 1.98. The summed E-state index contributed by atoms with van der Waals surface area (Å²) in [6.45, 7) is 0. The molecular formula is C6H12MnN2S4. The molecule has 77 valence electrons. The van der Waals surface area contributed by atoms with E-state index < -0.39 is 0 Å². The summed E-state index contributed by atoms with van der Waals surface area (Å²) >= 11 is 10.1. The topological polar surface area (TPSA) is 6.48 Å². The van der Waals surface area contributed by atoms with E-state index in [2.05, 4.69) is 0 Å². The van der Waals surface area contributed by atoms with Gasteiger partial charge in [-0.2, -0.15) is 0 Å². The normalized spacial score (nSPS) is 8.62. The van der Waals surface area contributed by atoms with Gasteiger partial charge in [0.2, 0.25) is 0 Å². The van der Waals surface area contributed by atoms with Crippen LogP contribution in [-0.4, -0.2) is 46.6 Å². The maximum atomic E-state index is 5.07. The minimum Gasteiger partial charge on any atom is -0.363 e. The van der Waals surface area contributed by atoms with Crippen LogP contribution in [0.25, 0.3) is 0 Å². The van der Waals surface area contributed by atoms with Gasteiger partial charge in [-0.1, -0.05) is 24.4 Å². The predicted molar refractivity (Wildman–Crippen MR) is 67.8 cm³/mol. The van der Waals surface area contributed by atoms with E-state index in [0.29, 0.717) is 0 Å². The van der Waals surface area contributed by atoms with Gasteiger partial charge in [0.15, 0.2) is 0 Å². The Kier molecular flexibility index (Phi) is 10.5. The second kappa shape index (κ2) is 8.32. The van der Waals surface area contributed by atoms with Crippen molar-refractivity contribution in [3.05, 3.63) is 0 Å². The largest absolute Gasteiger partial charge is 0.363 e. The van der Waals surface area contributed by atoms with Crippen molar-refractivity contribution in [2.75, 3.05) is 28.2 Å². The van der Waals surface area contributed by atoms with Crippen LogP contribution >= 0.6 is 46.0 Å². The van der Waals surface area contributed by atoms with Crippen molar-refractivity contribution in [2.24, 2.45) is 0 Å². The molecule has 0 aromatic carbocycles. The zero-order valence-corrected chi connectivity index (χ0v) is 12.4. The number of nitrogens with zero attached hydrogens (tertiary/aromatic N) is 2. The summed E-state index contributed by atoms with van der Waals surface area (Å²) in [4.78, 5) is 3.79. The SMILES string of the molecule is CN(C)C(=S)SSC(=S)N(C)C.[Mn]. The van der Waals surface area contributed by atoms with Gasteiger partial charge in [0, 0.05) is 45.3 Å². The third-order valence-corrected chi connectivity index (χ3v) is 5.07. The van der Waals surface area contributed by atoms with E-state index in [1.807, 2.05) is 38.0 Å². The summed E-state index contributed by atoms with van der Waals surface area (Å²) in [5, 5.41) is 0. The van der Waals surface area contributed by atoms with Crippen LogP contribution in [0.1, 0.15) is 0 Å². The monoisotopic (exact) mass is 295 g/mol. The molecule has 0 spiro atoms. The molecule has 1 radical (unpaired) electrons. The summed E-state index contributed by atoms with van der Waals surface area (Å²) in [6.07, 6.45) is 0. The smallest absolute Gasteiger partial charge is 0.146 e. The Hall–Kier alpha value is 0.999. The number of hydrogen-bond donors (Lipinski definition) is 0. The molecule has 0 fully saturated rings. The van der Waals surface area contributed by atoms with E-state index >= 15 is 0 Å². The third-order valence-electron chi connectivity index (χ3n) is 0.915. The Balaban J connectivity index is 0. The number of hydrogen-bond acceptors (Lipinski definition) is 4. The minimum absolute atomic E-state index is 0. The summed E-state index contributed by atoms with van der Waals surface area (Å²) < 4.78 is 1.67. The fraction of sp³-hybridized carbons (Fsp3) is 0.667. The van der Waals surface area contributed by atoms with Gasteiger partial charge in [-0.25, -0.2) is 0 Å². The van der Waals surface area contributed by atoms with Gasteiger partial charge < -0.3 is 9.80 Å². The van der Waals surface area contributed by atoms with E-state index in [0.717, 1.165) is 8.64 Å². The van der Waals surface area contributed by atoms with Crippen LogP contribution < -0.4 is 0 Å². The molecule has 0 amide bonds. The molecule has 0 aromatic rings. The first-order valence-electron chi connectivity index (χ1n) is 3.22. The molecule has 0 aliphatic rings. The molecule has 0 unspecified atom stereocenters. The van der Waals surface area contributed by atoms with Crippen molar-refractivity contribution < 1.29 is 17.1 Å². The van der Waals surface area contributed by atoms with E-state index in [4.69, 9.17) is 24.4 Å². The summed E-state index contributed by atoms with van der Waals surface area (Å²) in [7, 11) is 10.7. The second-order valence-electron chi connectivity index (χ2n) is 2.49. The van der Waals surface area contributed by atoms with Gasteiger partial charge in [0.1, 0.15) is 8.64 Å². The fourth-order valence-corrected chi connectivity index (χ4v) is 2.60. The van der Waals surface area contributed by atoms with Gasteiger partial charge in [-0.3, -0.25) is 0 Å². The average molecular weight is 295 g/mol. The second-order valence-corrected chi connectivity index (χ2v) is 5.88. The molecule has 0 saturated heterocycles. The standard InChI is InChI=1S/C6H12N2S4.Mn/c1-7(2)5(9)11-12-6(10)8(3)4;/h1-4H3;. The Morgan fingerprint density at radius 1 is 0.846 bits per heavy atom. The van der Waals surface area contributed by atoms with Crippen molar-refractivity contribution in [1.29, 1.82) is 0 Å². The number of rotatable bonds is 0. The van der Waals surface area contributed by atoms with Crippen molar-refractivity contribution in [3.8, 4) is 0 Å². The van der Waals surface area contributed by atoms with Gasteiger partial charge in [-0.05, 0) is 21.6 Å². The van der Waals surface area contributed by atoms with Gasteiger partial charge in [0.25, 0.3) is 0 Å². The third kappa shape index (κ3) is 8.03. The molecule has 0 aliphatic heterocycles. The molecular weight excluding hydrogens is 283 g/mol. The van der Waals surface area contributed by atoms with E-state index in [-0.39, 0.29) is 17.1 Å². The van der Waals surface area contributed by atoms with Crippen molar-refractivity contribution in [3.63, 3.8) is 0 Å². The van der Waals surface area contributed by atoms with Crippen LogP contribution in [0.3, 0.4) is 0 Å². The molecule has 7 heteroatoms. The first-order valence-corrected chi connectivity index (χ1v) is 6.19. The zero-order chi connectivity index (χ0) is 9.72. The number of thiocarbonyl (C=S) groups is 2. The Morgan fingerprint density at radius 2 is 1.08 bits per heavy atom. The first-order chi connectivity index (χ1) is 5.45. The maximum absolute atomic E-state index is 5.07. The summed E-state index contributed by atoms with van der Waals surface area (Å²) in [5.74, 6) is 0. The van der Waals surface area contributed by atoms with Crippen LogP contribution in [0.2, 0.25) is 0 Å². The quantitative estimate of drug-likeness (QED) is 0.381. The van der Waals surface area contributed by atoms with Crippen molar-refractivity contribution >= 4 is 54.7 Å². The molecule has 0 aliphatic carbocycles. The van der Waals surface area contributed by atoms with Gasteiger partial charge in [0.05, 0.1) is 0 Å². The predicted octanol–water partition coefficient (Wildman–Crippen LogP) is 2.06. The van der Waals surface area contributed by atoms with Gasteiger partial charge >= 0.3 is 0 Å². The molecule has 13 heavy (non-hydrogen) atoms. The Labute approximate surface area is 109 Å². The maximum Gasteiger partial charge on any atom is 0.146 e. The molecule has 2 nitrogen and oxygen atoms in total. The molecule has 0 aromatic heterocycles. The molecule has 0 saturated carbocycles. The van der Waals surface area contributed by atoms with Crippen molar-refractivity contribution in [2.45, 2.75) is 0 Å². The molecule has 0 heterocycles. The first kappa shape index (κ1) is 16.4. The van der Waals surface area contributed by atoms with E-state index in [1.165, 1.54) is 21.6 Å². The Morgan fingerprint density at radius 3 is 1.23 bits per heavy atom. The van der Waals surface area contributed by atoms with E-state index in [9.17, 15) is 0 Å².